The van der Waals surface area contributed by atoms with Crippen molar-refractivity contribution in [1.82, 2.24) is 0 Å². The standard InChI is InChI=1S/C67H130O17P2/c1-6-10-13-16-19-35-40-45-50-64(69)77-56-62(83-66(71)52-47-42-37-21-18-15-12-8-3)58-81-85(73,74)79-54-61(68)55-80-86(75,76)82-59-63(57-78-65(70)51-46-41-36-20-17-14-11-7-2)84-67(72)53-48-43-38-33-31-29-27-25-23-22-24-26-28-30-32-34-39-44-49-60(5)9-4/h60-63,68H,6-59H2,1-5H3,(H,73,74)(H,75,76)/t60?,61-,62+,63+/m0/s1. The fourth-order valence-electron chi connectivity index (χ4n) is 10.1. The minimum Gasteiger partial charge on any atom is -0.462 e. The Hall–Kier alpha value is -1.94. The van der Waals surface area contributed by atoms with Crippen LogP contribution in [0.1, 0.15) is 343 Å². The van der Waals surface area contributed by atoms with Gasteiger partial charge in [-0.05, 0) is 31.6 Å². The molecule has 0 aliphatic heterocycles. The second-order valence-corrected chi connectivity index (χ2v) is 27.4. The van der Waals surface area contributed by atoms with Gasteiger partial charge in [0, 0.05) is 25.7 Å². The van der Waals surface area contributed by atoms with Crippen LogP contribution >= 0.6 is 15.6 Å². The smallest absolute Gasteiger partial charge is 0.462 e. The highest BCUT2D eigenvalue weighted by Crippen LogP contribution is 2.45. The van der Waals surface area contributed by atoms with Crippen LogP contribution in [0.5, 0.6) is 0 Å². The van der Waals surface area contributed by atoms with Crippen LogP contribution in [0.4, 0.5) is 0 Å². The van der Waals surface area contributed by atoms with Gasteiger partial charge in [-0.15, -0.1) is 0 Å². The Balaban J connectivity index is 5.04. The van der Waals surface area contributed by atoms with E-state index in [2.05, 4.69) is 34.6 Å². The van der Waals surface area contributed by atoms with Gasteiger partial charge in [0.05, 0.1) is 26.4 Å². The van der Waals surface area contributed by atoms with Gasteiger partial charge in [-0.2, -0.15) is 0 Å². The van der Waals surface area contributed by atoms with Gasteiger partial charge in [-0.25, -0.2) is 9.13 Å². The summed E-state index contributed by atoms with van der Waals surface area (Å²) in [5.41, 5.74) is 0. The van der Waals surface area contributed by atoms with Crippen molar-refractivity contribution in [2.75, 3.05) is 39.6 Å². The molecule has 0 fully saturated rings. The SMILES string of the molecule is CCCCCCCCCCC(=O)OC[C@H](COP(=O)(O)OC[C@H](O)COP(=O)(O)OC[C@@H](COC(=O)CCCCCCCCCC)OC(=O)CCCCCCCCCCCCCCCCCCCCC(C)CC)OC(=O)CCCCCCCCCC. The average molecular weight is 1270 g/mol. The fourth-order valence-corrected chi connectivity index (χ4v) is 11.7. The van der Waals surface area contributed by atoms with Crippen molar-refractivity contribution >= 4 is 39.5 Å². The minimum absolute atomic E-state index is 0.105. The maximum absolute atomic E-state index is 13.0. The number of esters is 4. The zero-order valence-corrected chi connectivity index (χ0v) is 57.2. The summed E-state index contributed by atoms with van der Waals surface area (Å²) in [7, 11) is -9.88. The number of rotatable bonds is 67. The Morgan fingerprint density at radius 2 is 0.558 bits per heavy atom. The number of aliphatic hydroxyl groups excluding tert-OH is 1. The Labute approximate surface area is 524 Å². The first-order valence-electron chi connectivity index (χ1n) is 35.2. The molecule has 510 valence electrons. The van der Waals surface area contributed by atoms with Gasteiger partial charge in [0.15, 0.2) is 12.2 Å². The van der Waals surface area contributed by atoms with Crippen LogP contribution in [0.3, 0.4) is 0 Å². The minimum atomic E-state index is -4.94. The predicted molar refractivity (Wildman–Crippen MR) is 345 cm³/mol. The number of aliphatic hydroxyl groups is 1. The molecule has 3 N–H and O–H groups in total. The first-order chi connectivity index (χ1) is 41.6. The van der Waals surface area contributed by atoms with E-state index in [1.54, 1.807) is 0 Å². The number of carbonyl (C=O) groups is 4. The molecule has 0 aromatic carbocycles. The lowest BCUT2D eigenvalue weighted by Gasteiger charge is -2.21. The molecule has 0 amide bonds. The van der Waals surface area contributed by atoms with Crippen molar-refractivity contribution in [3.05, 3.63) is 0 Å². The summed E-state index contributed by atoms with van der Waals surface area (Å²) >= 11 is 0. The van der Waals surface area contributed by atoms with E-state index >= 15 is 0 Å². The predicted octanol–water partition coefficient (Wildman–Crippen LogP) is 19.0. The largest absolute Gasteiger partial charge is 0.472 e. The van der Waals surface area contributed by atoms with E-state index in [9.17, 15) is 43.2 Å². The number of hydrogen-bond donors (Lipinski definition) is 3. The third-order valence-electron chi connectivity index (χ3n) is 15.9. The summed E-state index contributed by atoms with van der Waals surface area (Å²) in [5, 5.41) is 10.5. The van der Waals surface area contributed by atoms with Crippen molar-refractivity contribution in [2.45, 2.75) is 361 Å². The molecule has 0 aliphatic rings. The maximum Gasteiger partial charge on any atom is 0.472 e. The average Bonchev–Trinajstić information content (AvgIpc) is 3.70. The Morgan fingerprint density at radius 1 is 0.326 bits per heavy atom. The molecule has 0 aromatic heterocycles. The van der Waals surface area contributed by atoms with Crippen LogP contribution in [0.15, 0.2) is 0 Å². The lowest BCUT2D eigenvalue weighted by atomic mass is 9.99. The molecular formula is C67H130O17P2. The molecule has 0 bridgehead atoms. The molecule has 0 rings (SSSR count). The highest BCUT2D eigenvalue weighted by Gasteiger charge is 2.30. The Kier molecular flexibility index (Phi) is 59.2. The zero-order valence-electron chi connectivity index (χ0n) is 55.4. The summed E-state index contributed by atoms with van der Waals surface area (Å²) in [5.74, 6) is -1.27. The molecule has 0 spiro atoms. The van der Waals surface area contributed by atoms with E-state index in [1.165, 1.54) is 148 Å². The third kappa shape index (κ3) is 59.7. The maximum atomic E-state index is 13.0. The third-order valence-corrected chi connectivity index (χ3v) is 17.8. The van der Waals surface area contributed by atoms with Crippen LogP contribution in [-0.4, -0.2) is 96.7 Å². The molecule has 6 atom stereocenters. The summed E-state index contributed by atoms with van der Waals surface area (Å²) in [6.07, 6.45) is 46.1. The van der Waals surface area contributed by atoms with E-state index in [0.717, 1.165) is 115 Å². The van der Waals surface area contributed by atoms with E-state index in [-0.39, 0.29) is 25.7 Å². The lowest BCUT2D eigenvalue weighted by Crippen LogP contribution is -2.30. The van der Waals surface area contributed by atoms with Crippen molar-refractivity contribution in [2.24, 2.45) is 5.92 Å². The van der Waals surface area contributed by atoms with E-state index < -0.39 is 97.5 Å². The highest BCUT2D eigenvalue weighted by molar-refractivity contribution is 7.47. The van der Waals surface area contributed by atoms with Crippen molar-refractivity contribution in [1.29, 1.82) is 0 Å². The first kappa shape index (κ1) is 84.1. The lowest BCUT2D eigenvalue weighted by molar-refractivity contribution is -0.161. The summed E-state index contributed by atoms with van der Waals surface area (Å²) in [6, 6.07) is 0. The van der Waals surface area contributed by atoms with E-state index in [0.29, 0.717) is 25.7 Å². The summed E-state index contributed by atoms with van der Waals surface area (Å²) < 4.78 is 67.9. The van der Waals surface area contributed by atoms with Crippen LogP contribution < -0.4 is 0 Å². The quantitative estimate of drug-likeness (QED) is 0.0222. The fraction of sp³-hybridized carbons (Fsp3) is 0.940. The Bertz CT molecular complexity index is 1670. The molecule has 19 heteroatoms. The molecule has 0 radical (unpaired) electrons. The number of phosphoric ester groups is 2. The molecule has 86 heavy (non-hydrogen) atoms. The number of ether oxygens (including phenoxy) is 4. The van der Waals surface area contributed by atoms with Crippen molar-refractivity contribution in [3.63, 3.8) is 0 Å². The molecule has 17 nitrogen and oxygen atoms in total. The van der Waals surface area contributed by atoms with Gasteiger partial charge >= 0.3 is 39.5 Å². The van der Waals surface area contributed by atoms with Crippen molar-refractivity contribution < 1.29 is 80.2 Å². The van der Waals surface area contributed by atoms with E-state index in [1.807, 2.05) is 0 Å². The number of carbonyl (C=O) groups excluding carboxylic acids is 4. The first-order valence-corrected chi connectivity index (χ1v) is 38.2. The normalized spacial score (nSPS) is 14.5. The summed E-state index contributed by atoms with van der Waals surface area (Å²) in [4.78, 5) is 72.0. The molecular weight excluding hydrogens is 1140 g/mol. The highest BCUT2D eigenvalue weighted by atomic mass is 31.2. The second-order valence-electron chi connectivity index (χ2n) is 24.5. The number of phosphoric acid groups is 2. The van der Waals surface area contributed by atoms with Crippen LogP contribution in [-0.2, 0) is 65.4 Å². The van der Waals surface area contributed by atoms with Gasteiger partial charge in [0.1, 0.15) is 19.3 Å². The van der Waals surface area contributed by atoms with Gasteiger partial charge in [-0.1, -0.05) is 291 Å². The Morgan fingerprint density at radius 3 is 0.826 bits per heavy atom. The van der Waals surface area contributed by atoms with Crippen LogP contribution in [0.25, 0.3) is 0 Å². The molecule has 0 saturated heterocycles. The van der Waals surface area contributed by atoms with E-state index in [4.69, 9.17) is 37.0 Å². The second kappa shape index (κ2) is 60.6. The molecule has 0 heterocycles. The van der Waals surface area contributed by atoms with Gasteiger partial charge in [0.2, 0.25) is 0 Å². The molecule has 0 aliphatic carbocycles. The number of unbranched alkanes of at least 4 members (excludes halogenated alkanes) is 38. The number of hydrogen-bond acceptors (Lipinski definition) is 15. The molecule has 3 unspecified atom stereocenters. The van der Waals surface area contributed by atoms with Crippen LogP contribution in [0, 0.1) is 5.92 Å². The van der Waals surface area contributed by atoms with Gasteiger partial charge in [-0.3, -0.25) is 37.3 Å². The van der Waals surface area contributed by atoms with Crippen molar-refractivity contribution in [3.8, 4) is 0 Å². The monoisotopic (exact) mass is 1270 g/mol. The zero-order chi connectivity index (χ0) is 63.5. The van der Waals surface area contributed by atoms with Gasteiger partial charge < -0.3 is 33.8 Å². The molecule has 0 saturated carbocycles. The van der Waals surface area contributed by atoms with Crippen LogP contribution in [0.2, 0.25) is 0 Å². The topological polar surface area (TPSA) is 237 Å². The molecule has 0 aromatic rings. The van der Waals surface area contributed by atoms with Gasteiger partial charge in [0.25, 0.3) is 0 Å². The summed E-state index contributed by atoms with van der Waals surface area (Å²) in [6.45, 7) is 7.20.